The Balaban J connectivity index is 1.87. The fourth-order valence-corrected chi connectivity index (χ4v) is 1.87. The first-order valence-corrected chi connectivity index (χ1v) is 6.31. The van der Waals surface area contributed by atoms with E-state index >= 15 is 0 Å². The van der Waals surface area contributed by atoms with Crippen molar-refractivity contribution in [2.24, 2.45) is 0 Å². The molecule has 19 heavy (non-hydrogen) atoms. The van der Waals surface area contributed by atoms with Crippen LogP contribution in [-0.2, 0) is 19.6 Å². The topological polar surface area (TPSA) is 59.3 Å². The maximum atomic E-state index is 9.68. The average molecular weight is 261 g/mol. The van der Waals surface area contributed by atoms with E-state index in [1.54, 1.807) is 19.2 Å². The van der Waals surface area contributed by atoms with Crippen molar-refractivity contribution >= 4 is 0 Å². The number of aromatic nitrogens is 2. The molecule has 0 unspecified atom stereocenters. The zero-order valence-electron chi connectivity index (χ0n) is 11.3. The quantitative estimate of drug-likeness (QED) is 0.834. The number of ether oxygens (including phenoxy) is 1. The van der Waals surface area contributed by atoms with Crippen LogP contribution in [0.25, 0.3) is 0 Å². The van der Waals surface area contributed by atoms with E-state index in [1.807, 2.05) is 23.1 Å². The van der Waals surface area contributed by atoms with E-state index < -0.39 is 0 Å². The molecule has 0 atom stereocenters. The van der Waals surface area contributed by atoms with E-state index in [2.05, 4.69) is 17.3 Å². The summed E-state index contributed by atoms with van der Waals surface area (Å²) in [6, 6.07) is 5.41. The van der Waals surface area contributed by atoms with Gasteiger partial charge in [-0.25, -0.2) is 0 Å². The smallest absolute Gasteiger partial charge is 0.160 e. The Labute approximate surface area is 112 Å². The third-order valence-electron chi connectivity index (χ3n) is 2.91. The van der Waals surface area contributed by atoms with Crippen LogP contribution in [0.2, 0.25) is 0 Å². The molecule has 2 aromatic rings. The Morgan fingerprint density at radius 3 is 2.74 bits per heavy atom. The molecule has 0 saturated heterocycles. The number of nitrogens with one attached hydrogen (secondary N) is 1. The van der Waals surface area contributed by atoms with Crippen molar-refractivity contribution in [2.75, 3.05) is 7.11 Å². The summed E-state index contributed by atoms with van der Waals surface area (Å²) >= 11 is 0. The van der Waals surface area contributed by atoms with Crippen LogP contribution in [-0.4, -0.2) is 22.0 Å². The van der Waals surface area contributed by atoms with Crippen molar-refractivity contribution in [1.29, 1.82) is 0 Å². The van der Waals surface area contributed by atoms with E-state index in [4.69, 9.17) is 4.74 Å². The Morgan fingerprint density at radius 1 is 1.32 bits per heavy atom. The minimum absolute atomic E-state index is 0.167. The first-order chi connectivity index (χ1) is 9.22. The molecule has 0 saturated carbocycles. The van der Waals surface area contributed by atoms with E-state index in [1.165, 1.54) is 0 Å². The maximum absolute atomic E-state index is 9.68. The summed E-state index contributed by atoms with van der Waals surface area (Å²) in [5.74, 6) is 0.661. The molecule has 5 heteroatoms. The van der Waals surface area contributed by atoms with Crippen molar-refractivity contribution in [2.45, 2.75) is 26.6 Å². The van der Waals surface area contributed by atoms with Gasteiger partial charge in [-0.1, -0.05) is 6.07 Å². The van der Waals surface area contributed by atoms with Gasteiger partial charge in [-0.2, -0.15) is 5.10 Å². The molecule has 2 N–H and O–H groups in total. The minimum Gasteiger partial charge on any atom is -0.504 e. The fraction of sp³-hybridized carbons (Fsp3) is 0.357. The molecule has 2 rings (SSSR count). The minimum atomic E-state index is 0.167. The predicted octanol–water partition coefficient (Wildman–Crippen LogP) is 1.91. The summed E-state index contributed by atoms with van der Waals surface area (Å²) in [4.78, 5) is 0. The number of phenols is 1. The van der Waals surface area contributed by atoms with Gasteiger partial charge in [0.25, 0.3) is 0 Å². The summed E-state index contributed by atoms with van der Waals surface area (Å²) in [5.41, 5.74) is 2.17. The van der Waals surface area contributed by atoms with Crippen LogP contribution in [0, 0.1) is 0 Å². The van der Waals surface area contributed by atoms with Crippen molar-refractivity contribution in [3.05, 3.63) is 41.7 Å². The molecule has 0 aliphatic heterocycles. The summed E-state index contributed by atoms with van der Waals surface area (Å²) in [6.45, 7) is 4.39. The molecule has 1 heterocycles. The normalized spacial score (nSPS) is 10.6. The van der Waals surface area contributed by atoms with Gasteiger partial charge in [-0.3, -0.25) is 4.68 Å². The van der Waals surface area contributed by atoms with Gasteiger partial charge in [0.1, 0.15) is 0 Å². The number of benzene rings is 1. The van der Waals surface area contributed by atoms with Crippen LogP contribution in [0.4, 0.5) is 0 Å². The van der Waals surface area contributed by atoms with Gasteiger partial charge in [0.15, 0.2) is 11.5 Å². The third kappa shape index (κ3) is 3.48. The largest absolute Gasteiger partial charge is 0.504 e. The lowest BCUT2D eigenvalue weighted by molar-refractivity contribution is 0.373. The number of phenolic OH excluding ortho intramolecular Hbond substituents is 1. The van der Waals surface area contributed by atoms with Gasteiger partial charge in [0, 0.05) is 31.4 Å². The second-order valence-electron chi connectivity index (χ2n) is 4.31. The molecule has 0 aliphatic rings. The van der Waals surface area contributed by atoms with Crippen LogP contribution < -0.4 is 10.1 Å². The van der Waals surface area contributed by atoms with Crippen LogP contribution >= 0.6 is 0 Å². The van der Waals surface area contributed by atoms with Gasteiger partial charge in [-0.05, 0) is 24.6 Å². The number of nitrogens with zero attached hydrogens (tertiary/aromatic N) is 2. The Morgan fingerprint density at radius 2 is 2.11 bits per heavy atom. The second kappa shape index (κ2) is 6.24. The second-order valence-corrected chi connectivity index (χ2v) is 4.31. The van der Waals surface area contributed by atoms with E-state index in [0.717, 1.165) is 24.2 Å². The lowest BCUT2D eigenvalue weighted by Gasteiger charge is -2.07. The number of aromatic hydroxyl groups is 1. The lowest BCUT2D eigenvalue weighted by atomic mass is 10.2. The molecule has 0 bridgehead atoms. The van der Waals surface area contributed by atoms with Crippen LogP contribution in [0.3, 0.4) is 0 Å². The van der Waals surface area contributed by atoms with Crippen molar-refractivity contribution < 1.29 is 9.84 Å². The van der Waals surface area contributed by atoms with Crippen molar-refractivity contribution in [1.82, 2.24) is 15.1 Å². The van der Waals surface area contributed by atoms with Crippen molar-refractivity contribution in [3.63, 3.8) is 0 Å². The first kappa shape index (κ1) is 13.4. The number of aryl methyl sites for hydroxylation is 1. The maximum Gasteiger partial charge on any atom is 0.160 e. The van der Waals surface area contributed by atoms with Gasteiger partial charge in [-0.15, -0.1) is 0 Å². The van der Waals surface area contributed by atoms with Crippen LogP contribution in [0.15, 0.2) is 30.6 Å². The van der Waals surface area contributed by atoms with Crippen LogP contribution in [0.1, 0.15) is 18.1 Å². The predicted molar refractivity (Wildman–Crippen MR) is 73.1 cm³/mol. The molecule has 1 aromatic carbocycles. The molecular formula is C14H19N3O2. The lowest BCUT2D eigenvalue weighted by Crippen LogP contribution is -2.12. The highest BCUT2D eigenvalue weighted by molar-refractivity contribution is 5.41. The third-order valence-corrected chi connectivity index (χ3v) is 2.91. The number of rotatable bonds is 6. The summed E-state index contributed by atoms with van der Waals surface area (Å²) in [5, 5.41) is 17.2. The van der Waals surface area contributed by atoms with E-state index in [-0.39, 0.29) is 5.75 Å². The number of hydrogen-bond acceptors (Lipinski definition) is 4. The van der Waals surface area contributed by atoms with Gasteiger partial charge >= 0.3 is 0 Å². The van der Waals surface area contributed by atoms with Gasteiger partial charge in [0.05, 0.1) is 13.3 Å². The molecule has 102 valence electrons. The molecule has 0 radical (unpaired) electrons. The fourth-order valence-electron chi connectivity index (χ4n) is 1.87. The number of hydrogen-bond donors (Lipinski definition) is 2. The standard InChI is InChI=1S/C14H19N3O2/c1-3-17-10-12(9-16-17)8-15-7-11-4-5-14(19-2)13(18)6-11/h4-6,9-10,15,18H,3,7-8H2,1-2H3. The molecule has 1 aromatic heterocycles. The average Bonchev–Trinajstić information content (AvgIpc) is 2.87. The van der Waals surface area contributed by atoms with E-state index in [9.17, 15) is 5.11 Å². The molecule has 0 amide bonds. The van der Waals surface area contributed by atoms with Gasteiger partial charge < -0.3 is 15.2 Å². The highest BCUT2D eigenvalue weighted by Crippen LogP contribution is 2.26. The molecular weight excluding hydrogens is 242 g/mol. The Hall–Kier alpha value is -2.01. The molecule has 5 nitrogen and oxygen atoms in total. The highest BCUT2D eigenvalue weighted by Gasteiger charge is 2.02. The highest BCUT2D eigenvalue weighted by atomic mass is 16.5. The zero-order valence-corrected chi connectivity index (χ0v) is 11.3. The Bertz CT molecular complexity index is 537. The zero-order chi connectivity index (χ0) is 13.7. The van der Waals surface area contributed by atoms with Gasteiger partial charge in [0.2, 0.25) is 0 Å². The summed E-state index contributed by atoms with van der Waals surface area (Å²) in [6.07, 6.45) is 3.89. The first-order valence-electron chi connectivity index (χ1n) is 6.31. The molecule has 0 spiro atoms. The van der Waals surface area contributed by atoms with E-state index in [0.29, 0.717) is 12.3 Å². The molecule has 0 aliphatic carbocycles. The summed E-state index contributed by atoms with van der Waals surface area (Å²) in [7, 11) is 1.54. The Kier molecular flexibility index (Phi) is 4.41. The summed E-state index contributed by atoms with van der Waals surface area (Å²) < 4.78 is 6.91. The van der Waals surface area contributed by atoms with Crippen molar-refractivity contribution in [3.8, 4) is 11.5 Å². The molecule has 0 fully saturated rings. The SMILES string of the molecule is CCn1cc(CNCc2ccc(OC)c(O)c2)cn1. The van der Waals surface area contributed by atoms with Crippen LogP contribution in [0.5, 0.6) is 11.5 Å². The monoisotopic (exact) mass is 261 g/mol. The number of methoxy groups -OCH3 is 1.